The number of hydrogen-bond donors (Lipinski definition) is 0. The lowest BCUT2D eigenvalue weighted by Gasteiger charge is -2.15. The first kappa shape index (κ1) is 11.0. The smallest absolute Gasteiger partial charge is 0.138 e. The molecule has 0 rings (SSSR count). The Kier molecular flexibility index (Phi) is 4.82. The van der Waals surface area contributed by atoms with E-state index in [1.165, 1.54) is 0 Å². The summed E-state index contributed by atoms with van der Waals surface area (Å²) in [5.74, 6) is 1.48. The first-order valence-corrected chi connectivity index (χ1v) is 5.40. The normalized spacial score (nSPS) is 11.6. The summed E-state index contributed by atoms with van der Waals surface area (Å²) < 4.78 is 0. The van der Waals surface area contributed by atoms with Crippen molar-refractivity contribution in [2.75, 3.05) is 12.0 Å². The lowest BCUT2D eigenvalue weighted by Crippen LogP contribution is -2.19. The Morgan fingerprint density at radius 3 is 2.27 bits per heavy atom. The van der Waals surface area contributed by atoms with Gasteiger partial charge in [-0.25, -0.2) is 0 Å². The van der Waals surface area contributed by atoms with Crippen molar-refractivity contribution in [3.63, 3.8) is 0 Å². The molecule has 0 aliphatic rings. The molecular formula is C9H18OS. The van der Waals surface area contributed by atoms with Crippen LogP contribution in [0.5, 0.6) is 0 Å². The van der Waals surface area contributed by atoms with E-state index >= 15 is 0 Å². The molecular weight excluding hydrogens is 156 g/mol. The maximum atomic E-state index is 11.3. The van der Waals surface area contributed by atoms with Gasteiger partial charge in [-0.15, -0.1) is 0 Å². The van der Waals surface area contributed by atoms with Crippen molar-refractivity contribution in [3.05, 3.63) is 0 Å². The monoisotopic (exact) mass is 174 g/mol. The fourth-order valence-corrected chi connectivity index (χ4v) is 1.19. The second-order valence-electron chi connectivity index (χ2n) is 3.77. The molecule has 0 aromatic carbocycles. The molecule has 0 aliphatic carbocycles. The van der Waals surface area contributed by atoms with Crippen LogP contribution in [-0.2, 0) is 4.79 Å². The van der Waals surface area contributed by atoms with Crippen LogP contribution >= 0.6 is 11.8 Å². The Morgan fingerprint density at radius 2 is 1.91 bits per heavy atom. The molecule has 0 N–H and O–H groups in total. The fraction of sp³-hybridized carbons (Fsp3) is 0.889. The maximum Gasteiger partial charge on any atom is 0.138 e. The van der Waals surface area contributed by atoms with Crippen LogP contribution in [0, 0.1) is 5.41 Å². The van der Waals surface area contributed by atoms with Crippen molar-refractivity contribution >= 4 is 17.5 Å². The summed E-state index contributed by atoms with van der Waals surface area (Å²) in [5.41, 5.74) is -0.140. The number of ketones is 1. The van der Waals surface area contributed by atoms with Crippen molar-refractivity contribution in [1.82, 2.24) is 0 Å². The molecule has 0 bridgehead atoms. The average Bonchev–Trinajstić information content (AvgIpc) is 1.86. The van der Waals surface area contributed by atoms with Crippen LogP contribution in [0.4, 0.5) is 0 Å². The Hall–Kier alpha value is 0.0200. The second-order valence-corrected chi connectivity index (χ2v) is 4.76. The number of carbonyl (C=O) groups excluding carboxylic acids is 1. The van der Waals surface area contributed by atoms with Gasteiger partial charge in [0, 0.05) is 11.8 Å². The van der Waals surface area contributed by atoms with Gasteiger partial charge in [0.2, 0.25) is 0 Å². The number of rotatable bonds is 4. The standard InChI is InChI=1S/C9H18OS/c1-9(2,3)8(10)6-5-7-11-4/h5-7H2,1-4H3. The summed E-state index contributed by atoms with van der Waals surface area (Å²) in [4.78, 5) is 11.3. The SMILES string of the molecule is CSCCCC(=O)C(C)(C)C. The Bertz CT molecular complexity index is 124. The van der Waals surface area contributed by atoms with Crippen molar-refractivity contribution in [1.29, 1.82) is 0 Å². The first-order valence-electron chi connectivity index (χ1n) is 4.00. The Balaban J connectivity index is 3.54. The Labute approximate surface area is 73.9 Å². The third-order valence-corrected chi connectivity index (χ3v) is 2.29. The second kappa shape index (κ2) is 4.81. The predicted molar refractivity (Wildman–Crippen MR) is 52.1 cm³/mol. The van der Waals surface area contributed by atoms with Gasteiger partial charge >= 0.3 is 0 Å². The lowest BCUT2D eigenvalue weighted by molar-refractivity contribution is -0.126. The quantitative estimate of drug-likeness (QED) is 0.610. The number of carbonyl (C=O) groups is 1. The van der Waals surface area contributed by atoms with Crippen LogP contribution in [0.1, 0.15) is 33.6 Å². The largest absolute Gasteiger partial charge is 0.299 e. The van der Waals surface area contributed by atoms with Crippen LogP contribution in [0.2, 0.25) is 0 Å². The van der Waals surface area contributed by atoms with E-state index in [4.69, 9.17) is 0 Å². The molecule has 0 radical (unpaired) electrons. The van der Waals surface area contributed by atoms with Gasteiger partial charge in [-0.2, -0.15) is 11.8 Å². The van der Waals surface area contributed by atoms with E-state index < -0.39 is 0 Å². The van der Waals surface area contributed by atoms with Crippen molar-refractivity contribution in [2.45, 2.75) is 33.6 Å². The summed E-state index contributed by atoms with van der Waals surface area (Å²) in [6.07, 6.45) is 3.84. The van der Waals surface area contributed by atoms with Crippen molar-refractivity contribution < 1.29 is 4.79 Å². The van der Waals surface area contributed by atoms with E-state index in [1.54, 1.807) is 11.8 Å². The molecule has 0 aromatic rings. The summed E-state index contributed by atoms with van der Waals surface area (Å²) in [7, 11) is 0. The molecule has 0 heterocycles. The van der Waals surface area contributed by atoms with Gasteiger partial charge < -0.3 is 0 Å². The highest BCUT2D eigenvalue weighted by atomic mass is 32.2. The van der Waals surface area contributed by atoms with E-state index in [1.807, 2.05) is 20.8 Å². The Morgan fingerprint density at radius 1 is 1.36 bits per heavy atom. The highest BCUT2D eigenvalue weighted by Crippen LogP contribution is 2.18. The van der Waals surface area contributed by atoms with Crippen molar-refractivity contribution in [3.8, 4) is 0 Å². The number of Topliss-reactive ketones (excluding diaryl/α,β-unsaturated/α-hetero) is 1. The van der Waals surface area contributed by atoms with E-state index in [0.717, 1.165) is 18.6 Å². The van der Waals surface area contributed by atoms with Gasteiger partial charge in [-0.3, -0.25) is 4.79 Å². The first-order chi connectivity index (χ1) is 4.98. The molecule has 1 nitrogen and oxygen atoms in total. The zero-order valence-corrected chi connectivity index (χ0v) is 8.75. The maximum absolute atomic E-state index is 11.3. The highest BCUT2D eigenvalue weighted by Gasteiger charge is 2.19. The minimum Gasteiger partial charge on any atom is -0.299 e. The van der Waals surface area contributed by atoms with E-state index in [2.05, 4.69) is 6.26 Å². The van der Waals surface area contributed by atoms with Gasteiger partial charge in [0.15, 0.2) is 0 Å². The fourth-order valence-electron chi connectivity index (χ4n) is 0.752. The van der Waals surface area contributed by atoms with Gasteiger partial charge in [0.1, 0.15) is 5.78 Å². The van der Waals surface area contributed by atoms with E-state index in [0.29, 0.717) is 5.78 Å². The molecule has 0 amide bonds. The molecule has 11 heavy (non-hydrogen) atoms. The van der Waals surface area contributed by atoms with E-state index in [-0.39, 0.29) is 5.41 Å². The molecule has 0 unspecified atom stereocenters. The van der Waals surface area contributed by atoms with Crippen molar-refractivity contribution in [2.24, 2.45) is 5.41 Å². The summed E-state index contributed by atoms with van der Waals surface area (Å²) >= 11 is 1.80. The lowest BCUT2D eigenvalue weighted by atomic mass is 9.88. The van der Waals surface area contributed by atoms with Crippen LogP contribution in [-0.4, -0.2) is 17.8 Å². The minimum absolute atomic E-state index is 0.140. The van der Waals surface area contributed by atoms with Gasteiger partial charge in [0.25, 0.3) is 0 Å². The molecule has 0 saturated carbocycles. The molecule has 2 heteroatoms. The predicted octanol–water partition coefficient (Wildman–Crippen LogP) is 2.74. The van der Waals surface area contributed by atoms with Crippen LogP contribution in [0.3, 0.4) is 0 Å². The summed E-state index contributed by atoms with van der Waals surface area (Å²) in [6.45, 7) is 5.94. The van der Waals surface area contributed by atoms with Gasteiger partial charge in [-0.05, 0) is 18.4 Å². The van der Waals surface area contributed by atoms with Gasteiger partial charge in [-0.1, -0.05) is 20.8 Å². The zero-order chi connectivity index (χ0) is 8.91. The molecule has 0 aromatic heterocycles. The summed E-state index contributed by atoms with van der Waals surface area (Å²) in [6, 6.07) is 0. The highest BCUT2D eigenvalue weighted by molar-refractivity contribution is 7.98. The summed E-state index contributed by atoms with van der Waals surface area (Å²) in [5, 5.41) is 0. The molecule has 0 aliphatic heterocycles. The van der Waals surface area contributed by atoms with Gasteiger partial charge in [0.05, 0.1) is 0 Å². The molecule has 0 fully saturated rings. The van der Waals surface area contributed by atoms with Crippen LogP contribution in [0.25, 0.3) is 0 Å². The van der Waals surface area contributed by atoms with Crippen LogP contribution in [0.15, 0.2) is 0 Å². The molecule has 0 atom stereocenters. The van der Waals surface area contributed by atoms with E-state index in [9.17, 15) is 4.79 Å². The topological polar surface area (TPSA) is 17.1 Å². The minimum atomic E-state index is -0.140. The molecule has 0 saturated heterocycles. The third kappa shape index (κ3) is 5.31. The average molecular weight is 174 g/mol. The molecule has 66 valence electrons. The van der Waals surface area contributed by atoms with Crippen LogP contribution < -0.4 is 0 Å². The third-order valence-electron chi connectivity index (χ3n) is 1.59. The molecule has 0 spiro atoms. The number of hydrogen-bond acceptors (Lipinski definition) is 2. The number of thioether (sulfide) groups is 1. The zero-order valence-electron chi connectivity index (χ0n) is 7.94.